The number of nitrogens with zero attached hydrogens (tertiary/aromatic N) is 1. The fourth-order valence-corrected chi connectivity index (χ4v) is 3.89. The molecule has 1 fully saturated rings. The Morgan fingerprint density at radius 3 is 2.44 bits per heavy atom. The maximum absolute atomic E-state index is 14.6. The van der Waals surface area contributed by atoms with E-state index in [1.807, 2.05) is 30.3 Å². The zero-order valence-electron chi connectivity index (χ0n) is 13.7. The normalized spacial score (nSPS) is 23.5. The molecule has 0 radical (unpaired) electrons. The molecule has 3 rings (SSSR count). The number of halogens is 1. The smallest absolute Gasteiger partial charge is 0.336 e. The maximum Gasteiger partial charge on any atom is 0.336 e. The van der Waals surface area contributed by atoms with E-state index in [-0.39, 0.29) is 11.1 Å². The number of carbonyl (C=O) groups is 2. The molecular weight excluding hydrogens is 323 g/mol. The highest BCUT2D eigenvalue weighted by molar-refractivity contribution is 5.90. The third-order valence-corrected chi connectivity index (χ3v) is 4.86. The number of likely N-dealkylation sites (tertiary alicyclic amines) is 1. The van der Waals surface area contributed by atoms with Crippen LogP contribution in [0.2, 0.25) is 0 Å². The average molecular weight is 342 g/mol. The van der Waals surface area contributed by atoms with Crippen LogP contribution in [0.15, 0.2) is 48.5 Å². The van der Waals surface area contributed by atoms with Crippen molar-refractivity contribution in [3.63, 3.8) is 0 Å². The summed E-state index contributed by atoms with van der Waals surface area (Å²) in [6.45, 7) is 0.342. The third-order valence-electron chi connectivity index (χ3n) is 4.86. The van der Waals surface area contributed by atoms with Gasteiger partial charge >= 0.3 is 5.97 Å². The van der Waals surface area contributed by atoms with E-state index in [0.717, 1.165) is 5.56 Å². The first-order valence-corrected chi connectivity index (χ1v) is 7.98. The molecule has 5 nitrogen and oxygen atoms in total. The van der Waals surface area contributed by atoms with E-state index in [4.69, 9.17) is 5.73 Å². The molecule has 130 valence electrons. The van der Waals surface area contributed by atoms with Gasteiger partial charge < -0.3 is 10.8 Å². The van der Waals surface area contributed by atoms with E-state index >= 15 is 0 Å². The molecule has 1 aliphatic rings. The number of primary amides is 1. The number of rotatable bonds is 4. The van der Waals surface area contributed by atoms with Crippen LogP contribution in [-0.2, 0) is 4.79 Å². The van der Waals surface area contributed by atoms with Gasteiger partial charge in [-0.3, -0.25) is 9.69 Å². The molecule has 25 heavy (non-hydrogen) atoms. The van der Waals surface area contributed by atoms with Crippen LogP contribution in [0, 0.1) is 5.82 Å². The summed E-state index contributed by atoms with van der Waals surface area (Å²) < 4.78 is 14.6. The van der Waals surface area contributed by atoms with Gasteiger partial charge in [0, 0.05) is 23.9 Å². The molecule has 6 heteroatoms. The number of likely N-dealkylation sites (N-methyl/N-ethyl adjacent to an activating group) is 1. The van der Waals surface area contributed by atoms with Crippen LogP contribution in [0.3, 0.4) is 0 Å². The lowest BCUT2D eigenvalue weighted by Crippen LogP contribution is -2.41. The number of carboxylic acids is 1. The molecule has 1 aliphatic heterocycles. The number of amides is 1. The van der Waals surface area contributed by atoms with Crippen LogP contribution >= 0.6 is 0 Å². The second-order valence-corrected chi connectivity index (χ2v) is 6.34. The van der Waals surface area contributed by atoms with Gasteiger partial charge in [-0.2, -0.15) is 0 Å². The van der Waals surface area contributed by atoms with E-state index in [0.29, 0.717) is 6.54 Å². The zero-order valence-corrected chi connectivity index (χ0v) is 13.7. The van der Waals surface area contributed by atoms with Crippen molar-refractivity contribution in [2.75, 3.05) is 13.6 Å². The summed E-state index contributed by atoms with van der Waals surface area (Å²) in [5.41, 5.74) is 6.48. The molecule has 3 atom stereocenters. The highest BCUT2D eigenvalue weighted by atomic mass is 19.1. The predicted molar refractivity (Wildman–Crippen MR) is 90.9 cm³/mol. The Labute approximate surface area is 144 Å². The van der Waals surface area contributed by atoms with E-state index < -0.39 is 35.6 Å². The number of hydrogen-bond donors (Lipinski definition) is 2. The quantitative estimate of drug-likeness (QED) is 0.892. The standard InChI is InChI=1S/C19H19FN2O3/c1-22-10-13(16-12(19(24)25)8-5-9-14(16)20)15(17(22)18(21)23)11-6-3-2-4-7-11/h2-9,13,15,17H,10H2,1H3,(H2,21,23)(H,24,25)/t13?,15-,17-/m0/s1. The number of hydrogen-bond acceptors (Lipinski definition) is 3. The summed E-state index contributed by atoms with van der Waals surface area (Å²) in [6, 6.07) is 12.6. The second-order valence-electron chi connectivity index (χ2n) is 6.34. The minimum absolute atomic E-state index is 0.0792. The minimum Gasteiger partial charge on any atom is -0.478 e. The topological polar surface area (TPSA) is 83.6 Å². The third kappa shape index (κ3) is 3.00. The highest BCUT2D eigenvalue weighted by Gasteiger charge is 2.46. The van der Waals surface area contributed by atoms with Gasteiger partial charge in [0.1, 0.15) is 5.82 Å². The molecule has 1 unspecified atom stereocenters. The van der Waals surface area contributed by atoms with Crippen LogP contribution in [0.25, 0.3) is 0 Å². The fraction of sp³-hybridized carbons (Fsp3) is 0.263. The van der Waals surface area contributed by atoms with Crippen molar-refractivity contribution >= 4 is 11.9 Å². The SMILES string of the molecule is CN1CC(c2c(F)cccc2C(=O)O)[C@H](c2ccccc2)[C@H]1C(N)=O. The Bertz CT molecular complexity index is 810. The molecular formula is C19H19FN2O3. The van der Waals surface area contributed by atoms with E-state index in [9.17, 15) is 19.1 Å². The summed E-state index contributed by atoms with van der Waals surface area (Å²) in [6.07, 6.45) is 0. The lowest BCUT2D eigenvalue weighted by molar-refractivity contribution is -0.122. The molecule has 1 saturated heterocycles. The number of carboxylic acid groups (broad SMARTS) is 1. The monoisotopic (exact) mass is 342 g/mol. The Hall–Kier alpha value is -2.73. The van der Waals surface area contributed by atoms with Crippen molar-refractivity contribution in [3.8, 4) is 0 Å². The second kappa shape index (κ2) is 6.64. The summed E-state index contributed by atoms with van der Waals surface area (Å²) in [5, 5.41) is 9.48. The van der Waals surface area contributed by atoms with Crippen LogP contribution in [0.4, 0.5) is 4.39 Å². The molecule has 2 aromatic carbocycles. The molecule has 0 bridgehead atoms. The molecule has 0 saturated carbocycles. The van der Waals surface area contributed by atoms with Gasteiger partial charge in [0.2, 0.25) is 5.91 Å². The molecule has 1 heterocycles. The predicted octanol–water partition coefficient (Wildman–Crippen LogP) is 2.19. The molecule has 0 aromatic heterocycles. The van der Waals surface area contributed by atoms with Crippen molar-refractivity contribution < 1.29 is 19.1 Å². The number of aromatic carboxylic acids is 1. The van der Waals surface area contributed by atoms with Gasteiger partial charge in [-0.05, 0) is 24.7 Å². The molecule has 2 aromatic rings. The lowest BCUT2D eigenvalue weighted by Gasteiger charge is -2.25. The number of nitrogens with two attached hydrogens (primary N) is 1. The van der Waals surface area contributed by atoms with Gasteiger partial charge in [-0.25, -0.2) is 9.18 Å². The van der Waals surface area contributed by atoms with Crippen LogP contribution in [0.1, 0.15) is 33.3 Å². The van der Waals surface area contributed by atoms with Crippen molar-refractivity contribution in [2.24, 2.45) is 5.73 Å². The first-order chi connectivity index (χ1) is 11.9. The van der Waals surface area contributed by atoms with E-state index in [1.165, 1.54) is 18.2 Å². The van der Waals surface area contributed by atoms with Crippen molar-refractivity contribution in [3.05, 3.63) is 71.0 Å². The molecule has 3 N–H and O–H groups in total. The van der Waals surface area contributed by atoms with Crippen molar-refractivity contribution in [2.45, 2.75) is 17.9 Å². The Balaban J connectivity index is 2.18. The Morgan fingerprint density at radius 1 is 1.16 bits per heavy atom. The molecule has 0 spiro atoms. The van der Waals surface area contributed by atoms with Crippen LogP contribution < -0.4 is 5.73 Å². The van der Waals surface area contributed by atoms with Gasteiger partial charge in [-0.1, -0.05) is 36.4 Å². The van der Waals surface area contributed by atoms with E-state index in [1.54, 1.807) is 11.9 Å². The Morgan fingerprint density at radius 2 is 1.84 bits per heavy atom. The largest absolute Gasteiger partial charge is 0.478 e. The number of carbonyl (C=O) groups excluding carboxylic acids is 1. The highest BCUT2D eigenvalue weighted by Crippen LogP contribution is 2.45. The maximum atomic E-state index is 14.6. The van der Waals surface area contributed by atoms with Gasteiger partial charge in [-0.15, -0.1) is 0 Å². The van der Waals surface area contributed by atoms with Crippen molar-refractivity contribution in [1.82, 2.24) is 4.90 Å². The summed E-state index contributed by atoms with van der Waals surface area (Å²) in [5.74, 6) is -3.18. The molecule has 0 aliphatic carbocycles. The van der Waals surface area contributed by atoms with Gasteiger partial charge in [0.05, 0.1) is 11.6 Å². The fourth-order valence-electron chi connectivity index (χ4n) is 3.89. The Kier molecular flexibility index (Phi) is 4.55. The van der Waals surface area contributed by atoms with Crippen LogP contribution in [0.5, 0.6) is 0 Å². The van der Waals surface area contributed by atoms with Crippen LogP contribution in [-0.4, -0.2) is 41.5 Å². The summed E-state index contributed by atoms with van der Waals surface area (Å²) in [4.78, 5) is 25.4. The van der Waals surface area contributed by atoms with Gasteiger partial charge in [0.25, 0.3) is 0 Å². The summed E-state index contributed by atoms with van der Waals surface area (Å²) >= 11 is 0. The minimum atomic E-state index is -1.19. The average Bonchev–Trinajstić information content (AvgIpc) is 2.92. The van der Waals surface area contributed by atoms with Crippen molar-refractivity contribution in [1.29, 1.82) is 0 Å². The lowest BCUT2D eigenvalue weighted by atomic mass is 9.78. The first kappa shape index (κ1) is 17.1. The van der Waals surface area contributed by atoms with Gasteiger partial charge in [0.15, 0.2) is 0 Å². The zero-order chi connectivity index (χ0) is 18.1. The first-order valence-electron chi connectivity index (χ1n) is 7.98. The number of benzene rings is 2. The molecule has 1 amide bonds. The van der Waals surface area contributed by atoms with E-state index in [2.05, 4.69) is 0 Å². The summed E-state index contributed by atoms with van der Waals surface area (Å²) in [7, 11) is 1.74.